The Morgan fingerprint density at radius 2 is 0.857 bits per heavy atom. The van der Waals surface area contributed by atoms with Crippen LogP contribution in [0.4, 0.5) is 0 Å². The van der Waals surface area contributed by atoms with Gasteiger partial charge in [-0.3, -0.25) is 9.59 Å². The van der Waals surface area contributed by atoms with Crippen LogP contribution in [0.3, 0.4) is 0 Å². The molecular formula is C22H12O6. The maximum Gasteiger partial charge on any atom is 0.198 e. The zero-order valence-electron chi connectivity index (χ0n) is 14.2. The molecule has 28 heavy (non-hydrogen) atoms. The number of benzene rings is 4. The van der Waals surface area contributed by atoms with Gasteiger partial charge in [0.1, 0.15) is 23.0 Å². The Hall–Kier alpha value is -4.06. The summed E-state index contributed by atoms with van der Waals surface area (Å²) in [6, 6.07) is 12.4. The summed E-state index contributed by atoms with van der Waals surface area (Å²) in [5.74, 6) is -3.42. The SMILES string of the molecule is O=C1c2ccccc2C(=O)c2c1c(O)c1c(O)c3ccccc3c(O)c1c2O. The number of phenolic OH excluding ortho intramolecular Hbond substituents is 4. The third-order valence-corrected chi connectivity index (χ3v) is 5.23. The number of ketones is 2. The zero-order chi connectivity index (χ0) is 19.7. The summed E-state index contributed by atoms with van der Waals surface area (Å²) in [6.07, 6.45) is 0. The molecular weight excluding hydrogens is 360 g/mol. The number of phenols is 4. The summed E-state index contributed by atoms with van der Waals surface area (Å²) in [5, 5.41) is 43.0. The molecule has 0 atom stereocenters. The topological polar surface area (TPSA) is 115 Å². The van der Waals surface area contributed by atoms with Crippen molar-refractivity contribution in [1.82, 2.24) is 0 Å². The van der Waals surface area contributed by atoms with Gasteiger partial charge in [-0.2, -0.15) is 0 Å². The summed E-state index contributed by atoms with van der Waals surface area (Å²) < 4.78 is 0. The zero-order valence-corrected chi connectivity index (χ0v) is 14.2. The normalized spacial score (nSPS) is 13.0. The Balaban J connectivity index is 2.04. The van der Waals surface area contributed by atoms with Crippen LogP contribution in [0.2, 0.25) is 0 Å². The van der Waals surface area contributed by atoms with E-state index in [1.54, 1.807) is 24.3 Å². The van der Waals surface area contributed by atoms with E-state index in [0.717, 1.165) is 0 Å². The van der Waals surface area contributed by atoms with Gasteiger partial charge in [0.15, 0.2) is 11.6 Å². The van der Waals surface area contributed by atoms with Gasteiger partial charge in [0.05, 0.1) is 21.9 Å². The molecule has 0 saturated heterocycles. The van der Waals surface area contributed by atoms with Crippen LogP contribution in [-0.2, 0) is 0 Å². The molecule has 1 aliphatic rings. The fourth-order valence-electron chi connectivity index (χ4n) is 3.94. The molecule has 136 valence electrons. The number of carbonyl (C=O) groups excluding carboxylic acids is 2. The first-order chi connectivity index (χ1) is 13.4. The summed E-state index contributed by atoms with van der Waals surface area (Å²) in [7, 11) is 0. The lowest BCUT2D eigenvalue weighted by molar-refractivity contribution is 0.0974. The van der Waals surface area contributed by atoms with Crippen molar-refractivity contribution >= 4 is 33.1 Å². The van der Waals surface area contributed by atoms with Crippen LogP contribution in [0.15, 0.2) is 48.5 Å². The van der Waals surface area contributed by atoms with Crippen LogP contribution < -0.4 is 0 Å². The third kappa shape index (κ3) is 1.76. The van der Waals surface area contributed by atoms with Gasteiger partial charge in [0.2, 0.25) is 0 Å². The third-order valence-electron chi connectivity index (χ3n) is 5.23. The highest BCUT2D eigenvalue weighted by atomic mass is 16.3. The van der Waals surface area contributed by atoms with Crippen LogP contribution in [0.25, 0.3) is 21.5 Å². The Morgan fingerprint density at radius 3 is 1.25 bits per heavy atom. The van der Waals surface area contributed by atoms with Gasteiger partial charge >= 0.3 is 0 Å². The largest absolute Gasteiger partial charge is 0.507 e. The van der Waals surface area contributed by atoms with E-state index in [4.69, 9.17) is 0 Å². The highest BCUT2D eigenvalue weighted by Crippen LogP contribution is 2.53. The molecule has 0 radical (unpaired) electrons. The van der Waals surface area contributed by atoms with Crippen molar-refractivity contribution in [3.63, 3.8) is 0 Å². The van der Waals surface area contributed by atoms with Crippen molar-refractivity contribution in [2.75, 3.05) is 0 Å². The van der Waals surface area contributed by atoms with Gasteiger partial charge in [-0.05, 0) is 0 Å². The minimum absolute atomic E-state index is 0.0959. The Labute approximate surface area is 157 Å². The van der Waals surface area contributed by atoms with Crippen molar-refractivity contribution in [3.05, 3.63) is 70.8 Å². The maximum absolute atomic E-state index is 13.0. The number of carbonyl (C=O) groups is 2. The molecule has 0 amide bonds. The molecule has 0 aromatic heterocycles. The maximum atomic E-state index is 13.0. The first kappa shape index (κ1) is 16.1. The molecule has 4 N–H and O–H groups in total. The molecule has 6 nitrogen and oxygen atoms in total. The molecule has 4 aromatic carbocycles. The van der Waals surface area contributed by atoms with Crippen LogP contribution in [0.1, 0.15) is 31.8 Å². The van der Waals surface area contributed by atoms with Gasteiger partial charge in [0.25, 0.3) is 0 Å². The molecule has 0 aliphatic heterocycles. The van der Waals surface area contributed by atoms with E-state index in [1.165, 1.54) is 24.3 Å². The molecule has 0 unspecified atom stereocenters. The van der Waals surface area contributed by atoms with Crippen molar-refractivity contribution in [3.8, 4) is 23.0 Å². The second kappa shape index (κ2) is 5.23. The minimum Gasteiger partial charge on any atom is -0.507 e. The smallest absolute Gasteiger partial charge is 0.198 e. The molecule has 0 bridgehead atoms. The summed E-state index contributed by atoms with van der Waals surface area (Å²) in [4.78, 5) is 25.9. The summed E-state index contributed by atoms with van der Waals surface area (Å²) in [6.45, 7) is 0. The second-order valence-corrected chi connectivity index (χ2v) is 6.64. The minimum atomic E-state index is -0.658. The Morgan fingerprint density at radius 1 is 0.500 bits per heavy atom. The molecule has 0 saturated carbocycles. The van der Waals surface area contributed by atoms with E-state index in [9.17, 15) is 30.0 Å². The predicted octanol–water partition coefficient (Wildman–Crippen LogP) is 3.59. The number of fused-ring (bicyclic) bond motifs is 4. The second-order valence-electron chi connectivity index (χ2n) is 6.64. The molecule has 0 fully saturated rings. The molecule has 6 heteroatoms. The average Bonchev–Trinajstić information content (AvgIpc) is 2.71. The van der Waals surface area contributed by atoms with E-state index in [0.29, 0.717) is 0 Å². The van der Waals surface area contributed by atoms with E-state index in [2.05, 4.69) is 0 Å². The van der Waals surface area contributed by atoms with Gasteiger partial charge in [0, 0.05) is 21.9 Å². The van der Waals surface area contributed by atoms with E-state index in [-0.39, 0.29) is 32.7 Å². The fourth-order valence-corrected chi connectivity index (χ4v) is 3.94. The molecule has 1 aliphatic carbocycles. The lowest BCUT2D eigenvalue weighted by Gasteiger charge is -2.22. The lowest BCUT2D eigenvalue weighted by Crippen LogP contribution is -2.21. The molecule has 4 aromatic rings. The standard InChI is InChI=1S/C22H12O6/c23-17-9-5-1-2-6-10(9)18(24)14-13(17)21(27)15-16(22(14)28)20(26)12-8-4-3-7-11(12)19(15)25/h1-8,23-24,27-28H. The van der Waals surface area contributed by atoms with Gasteiger partial charge in [-0.15, -0.1) is 0 Å². The van der Waals surface area contributed by atoms with Crippen molar-refractivity contribution in [2.45, 2.75) is 0 Å². The number of rotatable bonds is 0. The Bertz CT molecular complexity index is 1280. The number of hydrogen-bond donors (Lipinski definition) is 4. The van der Waals surface area contributed by atoms with Crippen molar-refractivity contribution in [1.29, 1.82) is 0 Å². The molecule has 5 rings (SSSR count). The Kier molecular flexibility index (Phi) is 3.02. The number of hydrogen-bond acceptors (Lipinski definition) is 6. The van der Waals surface area contributed by atoms with Crippen molar-refractivity contribution in [2.24, 2.45) is 0 Å². The summed E-state index contributed by atoms with van der Waals surface area (Å²) in [5.41, 5.74) is -0.588. The van der Waals surface area contributed by atoms with Crippen LogP contribution >= 0.6 is 0 Å². The fraction of sp³-hybridized carbons (Fsp3) is 0. The highest BCUT2D eigenvalue weighted by Gasteiger charge is 2.37. The quantitative estimate of drug-likeness (QED) is 0.244. The van der Waals surface area contributed by atoms with Crippen molar-refractivity contribution < 1.29 is 30.0 Å². The predicted molar refractivity (Wildman–Crippen MR) is 101 cm³/mol. The molecule has 0 spiro atoms. The van der Waals surface area contributed by atoms with Crippen LogP contribution in [-0.4, -0.2) is 32.0 Å². The van der Waals surface area contributed by atoms with Gasteiger partial charge in [-0.25, -0.2) is 0 Å². The van der Waals surface area contributed by atoms with Gasteiger partial charge < -0.3 is 20.4 Å². The highest BCUT2D eigenvalue weighted by molar-refractivity contribution is 6.33. The lowest BCUT2D eigenvalue weighted by atomic mass is 9.80. The van der Waals surface area contributed by atoms with Crippen LogP contribution in [0.5, 0.6) is 23.0 Å². The van der Waals surface area contributed by atoms with Gasteiger partial charge in [-0.1, -0.05) is 48.5 Å². The first-order valence-corrected chi connectivity index (χ1v) is 8.46. The van der Waals surface area contributed by atoms with Crippen LogP contribution in [0, 0.1) is 0 Å². The first-order valence-electron chi connectivity index (χ1n) is 8.46. The number of aromatic hydroxyl groups is 4. The summed E-state index contributed by atoms with van der Waals surface area (Å²) >= 11 is 0. The average molecular weight is 372 g/mol. The molecule has 0 heterocycles. The van der Waals surface area contributed by atoms with E-state index < -0.39 is 45.7 Å². The monoisotopic (exact) mass is 372 g/mol. The van der Waals surface area contributed by atoms with E-state index >= 15 is 0 Å². The van der Waals surface area contributed by atoms with E-state index in [1.807, 2.05) is 0 Å².